The van der Waals surface area contributed by atoms with Crippen LogP contribution in [0.1, 0.15) is 5.56 Å². The molecule has 1 aromatic heterocycles. The second-order valence-electron chi connectivity index (χ2n) is 6.62. The molecule has 0 amide bonds. The molecule has 0 spiro atoms. The number of nitrogens with two attached hydrogens (primary N) is 5. The van der Waals surface area contributed by atoms with E-state index < -0.39 is 11.0 Å². The highest BCUT2D eigenvalue weighted by Crippen LogP contribution is 2.39. The number of rotatable bonds is 6. The summed E-state index contributed by atoms with van der Waals surface area (Å²) in [6.45, 7) is 1.09. The molecule has 0 saturated carbocycles. The minimum Gasteiger partial charge on any atom is -0.382 e. The van der Waals surface area contributed by atoms with Gasteiger partial charge in [0.1, 0.15) is 11.0 Å². The van der Waals surface area contributed by atoms with E-state index in [1.807, 2.05) is 24.3 Å². The van der Waals surface area contributed by atoms with Crippen LogP contribution in [0, 0.1) is 0 Å². The molecule has 1 fully saturated rings. The minimum absolute atomic E-state index is 0.0162. The number of hydrazone groups is 1. The van der Waals surface area contributed by atoms with Gasteiger partial charge in [-0.25, -0.2) is 24.9 Å². The van der Waals surface area contributed by atoms with Crippen LogP contribution in [0.15, 0.2) is 45.2 Å². The largest absolute Gasteiger partial charge is 0.382 e. The lowest BCUT2D eigenvalue weighted by Crippen LogP contribution is -2.56. The maximum Gasteiger partial charge on any atom is 0.181 e. The average Bonchev–Trinajstić information content (AvgIpc) is 3.10. The molecule has 1 saturated heterocycles. The summed E-state index contributed by atoms with van der Waals surface area (Å²) in [4.78, 5) is 5.54. The lowest BCUT2D eigenvalue weighted by atomic mass is 9.98. The van der Waals surface area contributed by atoms with Gasteiger partial charge in [0.15, 0.2) is 11.0 Å². The standard InChI is InChI=1S/C17H21N9OS3/c18-8-6-26(7-8)30(27)12-5-4-9(13(15(12)29-22)16(19)24-25-21)10-2-1-3-11-14(10)23-17(20)28-11/h1-5,8,25H,6-7,18,21-22H2,(H2,19,24)(H2,20,23). The number of aromatic nitrogens is 1. The summed E-state index contributed by atoms with van der Waals surface area (Å²) < 4.78 is 15.8. The number of nitrogens with one attached hydrogen (secondary N) is 1. The maximum absolute atomic E-state index is 13.1. The molecule has 11 N–H and O–H groups in total. The van der Waals surface area contributed by atoms with Gasteiger partial charge in [0.2, 0.25) is 0 Å². The van der Waals surface area contributed by atoms with Crippen molar-refractivity contribution >= 4 is 55.5 Å². The van der Waals surface area contributed by atoms with Gasteiger partial charge in [0.25, 0.3) is 0 Å². The zero-order valence-electron chi connectivity index (χ0n) is 15.7. The van der Waals surface area contributed by atoms with E-state index in [-0.39, 0.29) is 11.9 Å². The molecule has 30 heavy (non-hydrogen) atoms. The van der Waals surface area contributed by atoms with Gasteiger partial charge < -0.3 is 17.2 Å². The summed E-state index contributed by atoms with van der Waals surface area (Å²) in [6, 6.07) is 9.41. The Morgan fingerprint density at radius 2 is 2.07 bits per heavy atom. The molecule has 1 atom stereocenters. The van der Waals surface area contributed by atoms with Crippen LogP contribution < -0.4 is 33.7 Å². The topological polar surface area (TPSA) is 188 Å². The molecular weight excluding hydrogens is 442 g/mol. The van der Waals surface area contributed by atoms with E-state index in [1.54, 1.807) is 10.4 Å². The van der Waals surface area contributed by atoms with Gasteiger partial charge in [-0.3, -0.25) is 5.14 Å². The van der Waals surface area contributed by atoms with E-state index in [9.17, 15) is 4.21 Å². The van der Waals surface area contributed by atoms with Crippen LogP contribution in [-0.4, -0.2) is 38.5 Å². The lowest BCUT2D eigenvalue weighted by molar-refractivity contribution is 0.279. The number of nitrogens with zero attached hydrogens (tertiary/aromatic N) is 3. The number of thiazole rings is 1. The van der Waals surface area contributed by atoms with E-state index in [4.69, 9.17) is 28.2 Å². The van der Waals surface area contributed by atoms with Crippen LogP contribution >= 0.6 is 23.3 Å². The van der Waals surface area contributed by atoms with E-state index in [0.29, 0.717) is 33.6 Å². The number of amidine groups is 1. The van der Waals surface area contributed by atoms with Crippen LogP contribution in [0.2, 0.25) is 0 Å². The van der Waals surface area contributed by atoms with Gasteiger partial charge in [-0.2, -0.15) is 0 Å². The zero-order valence-corrected chi connectivity index (χ0v) is 18.2. The van der Waals surface area contributed by atoms with Gasteiger partial charge in [-0.15, -0.1) is 5.10 Å². The summed E-state index contributed by atoms with van der Waals surface area (Å²) >= 11 is 2.35. The molecule has 10 nitrogen and oxygen atoms in total. The smallest absolute Gasteiger partial charge is 0.181 e. The molecule has 2 aromatic carbocycles. The summed E-state index contributed by atoms with van der Waals surface area (Å²) in [7, 11) is -1.44. The predicted molar refractivity (Wildman–Crippen MR) is 124 cm³/mol. The summed E-state index contributed by atoms with van der Waals surface area (Å²) in [6.07, 6.45) is 0. The highest BCUT2D eigenvalue weighted by molar-refractivity contribution is 7.97. The summed E-state index contributed by atoms with van der Waals surface area (Å²) in [5.74, 6) is 5.48. The molecular formula is C17H21N9OS3. The van der Waals surface area contributed by atoms with Crippen molar-refractivity contribution in [2.75, 3.05) is 18.8 Å². The fraction of sp³-hybridized carbons (Fsp3) is 0.176. The van der Waals surface area contributed by atoms with E-state index >= 15 is 0 Å². The van der Waals surface area contributed by atoms with Gasteiger partial charge >= 0.3 is 0 Å². The number of anilines is 1. The highest BCUT2D eigenvalue weighted by Gasteiger charge is 2.31. The zero-order chi connectivity index (χ0) is 21.4. The minimum atomic E-state index is -1.44. The van der Waals surface area contributed by atoms with Crippen molar-refractivity contribution < 1.29 is 4.21 Å². The molecule has 0 bridgehead atoms. The van der Waals surface area contributed by atoms with Crippen LogP contribution in [0.4, 0.5) is 5.13 Å². The summed E-state index contributed by atoms with van der Waals surface area (Å²) in [5, 5.41) is 10.4. The number of hydrogen-bond acceptors (Lipinski definition) is 10. The van der Waals surface area contributed by atoms with E-state index in [1.165, 1.54) is 11.3 Å². The number of benzene rings is 2. The second kappa shape index (κ2) is 8.47. The van der Waals surface area contributed by atoms with Crippen molar-refractivity contribution in [1.29, 1.82) is 0 Å². The Kier molecular flexibility index (Phi) is 5.92. The van der Waals surface area contributed by atoms with Crippen molar-refractivity contribution in [2.45, 2.75) is 15.8 Å². The molecule has 0 aliphatic carbocycles. The normalized spacial score (nSPS) is 16.6. The maximum atomic E-state index is 13.1. The first-order valence-corrected chi connectivity index (χ1v) is 11.7. The van der Waals surface area contributed by atoms with Gasteiger partial charge in [-0.05, 0) is 29.6 Å². The van der Waals surface area contributed by atoms with Gasteiger partial charge in [-0.1, -0.05) is 29.5 Å². The van der Waals surface area contributed by atoms with Crippen LogP contribution in [0.5, 0.6) is 0 Å². The Bertz CT molecular complexity index is 1160. The fourth-order valence-corrected chi connectivity index (χ4v) is 6.36. The van der Waals surface area contributed by atoms with Crippen molar-refractivity contribution in [3.8, 4) is 11.1 Å². The quantitative estimate of drug-likeness (QED) is 0.0979. The first-order chi connectivity index (χ1) is 14.4. The molecule has 158 valence electrons. The molecule has 3 aromatic rings. The Morgan fingerprint density at radius 3 is 2.73 bits per heavy atom. The first-order valence-electron chi connectivity index (χ1n) is 8.85. The predicted octanol–water partition coefficient (Wildman–Crippen LogP) is 0.260. The molecule has 0 radical (unpaired) electrons. The van der Waals surface area contributed by atoms with Crippen LogP contribution in [0.3, 0.4) is 0 Å². The Hall–Kier alpha value is -2.26. The highest BCUT2D eigenvalue weighted by atomic mass is 32.2. The van der Waals surface area contributed by atoms with Gasteiger partial charge in [0.05, 0.1) is 20.0 Å². The van der Waals surface area contributed by atoms with Gasteiger partial charge in [0, 0.05) is 30.3 Å². The van der Waals surface area contributed by atoms with Crippen LogP contribution in [-0.2, 0) is 11.0 Å². The third kappa shape index (κ3) is 3.65. The number of fused-ring (bicyclic) bond motifs is 1. The monoisotopic (exact) mass is 463 g/mol. The van der Waals surface area contributed by atoms with Crippen molar-refractivity contribution in [3.63, 3.8) is 0 Å². The third-order valence-electron chi connectivity index (χ3n) is 4.71. The lowest BCUT2D eigenvalue weighted by Gasteiger charge is -2.35. The summed E-state index contributed by atoms with van der Waals surface area (Å²) in [5.41, 5.74) is 23.0. The molecule has 1 aliphatic heterocycles. The molecule has 4 rings (SSSR count). The number of para-hydroxylation sites is 1. The molecule has 1 aliphatic rings. The van der Waals surface area contributed by atoms with E-state index in [0.717, 1.165) is 33.3 Å². The van der Waals surface area contributed by atoms with Crippen molar-refractivity contribution in [1.82, 2.24) is 14.8 Å². The van der Waals surface area contributed by atoms with Crippen molar-refractivity contribution in [3.05, 3.63) is 35.9 Å². The molecule has 2 heterocycles. The Balaban J connectivity index is 1.94. The number of nitrogen functional groups attached to an aromatic ring is 1. The molecule has 1 unspecified atom stereocenters. The fourth-order valence-electron chi connectivity index (χ4n) is 3.35. The van der Waals surface area contributed by atoms with E-state index in [2.05, 4.69) is 15.6 Å². The number of hydrazine groups is 1. The molecule has 13 heteroatoms. The SMILES string of the molecule is NN/N=C(\N)c1c(-c2cccc3sc(N)nc23)ccc(S(=O)N2CC(N)C2)c1SN. The Labute approximate surface area is 183 Å². The second-order valence-corrected chi connectivity index (χ2v) is 9.78. The Morgan fingerprint density at radius 1 is 1.30 bits per heavy atom. The average molecular weight is 464 g/mol. The van der Waals surface area contributed by atoms with Crippen LogP contribution in [0.25, 0.3) is 21.3 Å². The third-order valence-corrected chi connectivity index (χ3v) is 7.83. The number of hydrogen-bond donors (Lipinski definition) is 6. The first kappa shape index (κ1) is 21.0. The van der Waals surface area contributed by atoms with Crippen molar-refractivity contribution in [2.24, 2.45) is 27.6 Å².